The van der Waals surface area contributed by atoms with Crippen LogP contribution in [0.2, 0.25) is 0 Å². The first-order valence-electron chi connectivity index (χ1n) is 8.07. The molecule has 3 rings (SSSR count). The van der Waals surface area contributed by atoms with Gasteiger partial charge in [-0.25, -0.2) is 0 Å². The number of benzene rings is 1. The van der Waals surface area contributed by atoms with E-state index in [0.29, 0.717) is 24.5 Å². The fourth-order valence-corrected chi connectivity index (χ4v) is 3.63. The molecule has 7 heteroatoms. The SMILES string of the molecule is CCCC(=O)Nc1nnc(C2CC(=O)N(c3cccc(C)c3)C2)s1. The molecule has 1 unspecified atom stereocenters. The first-order valence-corrected chi connectivity index (χ1v) is 8.88. The van der Waals surface area contributed by atoms with Crippen LogP contribution in [0.15, 0.2) is 24.3 Å². The standard InChI is InChI=1S/C17H20N4O2S/c1-3-5-14(22)18-17-20-19-16(24-17)12-9-15(23)21(10-12)13-7-4-6-11(2)8-13/h4,6-8,12H,3,5,9-10H2,1-2H3,(H,18,20,22). The first kappa shape index (κ1) is 16.6. The maximum absolute atomic E-state index is 12.4. The summed E-state index contributed by atoms with van der Waals surface area (Å²) in [5.41, 5.74) is 2.05. The zero-order valence-corrected chi connectivity index (χ0v) is 14.6. The molecule has 0 aliphatic carbocycles. The zero-order chi connectivity index (χ0) is 17.1. The number of aryl methyl sites for hydroxylation is 1. The van der Waals surface area contributed by atoms with Crippen molar-refractivity contribution in [1.29, 1.82) is 0 Å². The summed E-state index contributed by atoms with van der Waals surface area (Å²) >= 11 is 1.35. The maximum Gasteiger partial charge on any atom is 0.227 e. The quantitative estimate of drug-likeness (QED) is 0.904. The van der Waals surface area contributed by atoms with Gasteiger partial charge in [-0.3, -0.25) is 9.59 Å². The molecule has 0 bridgehead atoms. The van der Waals surface area contributed by atoms with E-state index >= 15 is 0 Å². The Morgan fingerprint density at radius 3 is 3.00 bits per heavy atom. The van der Waals surface area contributed by atoms with E-state index in [9.17, 15) is 9.59 Å². The normalized spacial score (nSPS) is 17.3. The Morgan fingerprint density at radius 2 is 2.25 bits per heavy atom. The summed E-state index contributed by atoms with van der Waals surface area (Å²) in [6.07, 6.45) is 1.68. The molecular weight excluding hydrogens is 324 g/mol. The van der Waals surface area contributed by atoms with Gasteiger partial charge in [0.2, 0.25) is 16.9 Å². The van der Waals surface area contributed by atoms with Crippen molar-refractivity contribution < 1.29 is 9.59 Å². The molecule has 6 nitrogen and oxygen atoms in total. The lowest BCUT2D eigenvalue weighted by molar-refractivity contribution is -0.117. The van der Waals surface area contributed by atoms with Gasteiger partial charge in [0.05, 0.1) is 0 Å². The lowest BCUT2D eigenvalue weighted by Crippen LogP contribution is -2.24. The van der Waals surface area contributed by atoms with E-state index in [0.717, 1.165) is 22.7 Å². The highest BCUT2D eigenvalue weighted by atomic mass is 32.1. The summed E-state index contributed by atoms with van der Waals surface area (Å²) in [6, 6.07) is 7.93. The lowest BCUT2D eigenvalue weighted by Gasteiger charge is -2.16. The van der Waals surface area contributed by atoms with Crippen molar-refractivity contribution >= 4 is 34.0 Å². The fourth-order valence-electron chi connectivity index (χ4n) is 2.78. The van der Waals surface area contributed by atoms with Gasteiger partial charge in [0, 0.05) is 31.0 Å². The molecule has 2 amide bonds. The van der Waals surface area contributed by atoms with Crippen LogP contribution in [-0.4, -0.2) is 28.6 Å². The third kappa shape index (κ3) is 3.62. The van der Waals surface area contributed by atoms with Gasteiger partial charge in [0.15, 0.2) is 0 Å². The molecule has 0 spiro atoms. The van der Waals surface area contributed by atoms with E-state index in [-0.39, 0.29) is 17.7 Å². The number of nitrogens with zero attached hydrogens (tertiary/aromatic N) is 3. The van der Waals surface area contributed by atoms with Crippen molar-refractivity contribution in [2.45, 2.75) is 39.0 Å². The first-order chi connectivity index (χ1) is 11.6. The summed E-state index contributed by atoms with van der Waals surface area (Å²) in [5, 5.41) is 12.2. The van der Waals surface area contributed by atoms with Crippen molar-refractivity contribution in [2.75, 3.05) is 16.8 Å². The summed E-state index contributed by atoms with van der Waals surface area (Å²) in [6.45, 7) is 4.56. The number of anilines is 2. The number of carbonyl (C=O) groups is 2. The summed E-state index contributed by atoms with van der Waals surface area (Å²) in [4.78, 5) is 25.8. The van der Waals surface area contributed by atoms with Gasteiger partial charge in [-0.2, -0.15) is 0 Å². The van der Waals surface area contributed by atoms with E-state index in [1.165, 1.54) is 11.3 Å². The molecular formula is C17H20N4O2S. The zero-order valence-electron chi connectivity index (χ0n) is 13.8. The van der Waals surface area contributed by atoms with Gasteiger partial charge in [0.1, 0.15) is 5.01 Å². The topological polar surface area (TPSA) is 75.2 Å². The van der Waals surface area contributed by atoms with Crippen LogP contribution in [0.4, 0.5) is 10.8 Å². The second-order valence-electron chi connectivity index (χ2n) is 5.99. The van der Waals surface area contributed by atoms with E-state index in [4.69, 9.17) is 0 Å². The van der Waals surface area contributed by atoms with Crippen LogP contribution in [0.1, 0.15) is 42.7 Å². The molecule has 1 aliphatic rings. The number of rotatable bonds is 5. The highest BCUT2D eigenvalue weighted by Crippen LogP contribution is 2.34. The molecule has 1 saturated heterocycles. The minimum Gasteiger partial charge on any atom is -0.312 e. The Hall–Kier alpha value is -2.28. The number of nitrogens with one attached hydrogen (secondary N) is 1. The van der Waals surface area contributed by atoms with Gasteiger partial charge in [-0.05, 0) is 31.0 Å². The number of aromatic nitrogens is 2. The second kappa shape index (κ2) is 7.09. The minimum atomic E-state index is -0.0518. The number of hydrogen-bond acceptors (Lipinski definition) is 5. The Labute approximate surface area is 144 Å². The third-order valence-corrected chi connectivity index (χ3v) is 4.95. The Morgan fingerprint density at radius 1 is 1.42 bits per heavy atom. The maximum atomic E-state index is 12.4. The van der Waals surface area contributed by atoms with Crippen LogP contribution in [0.3, 0.4) is 0 Å². The van der Waals surface area contributed by atoms with Gasteiger partial charge < -0.3 is 10.2 Å². The molecule has 1 fully saturated rings. The average molecular weight is 344 g/mol. The van der Waals surface area contributed by atoms with Crippen molar-refractivity contribution in [1.82, 2.24) is 10.2 Å². The molecule has 1 aliphatic heterocycles. The number of amides is 2. The van der Waals surface area contributed by atoms with E-state index < -0.39 is 0 Å². The lowest BCUT2D eigenvalue weighted by atomic mass is 10.1. The molecule has 0 saturated carbocycles. The predicted octanol–water partition coefficient (Wildman–Crippen LogP) is 3.11. The van der Waals surface area contributed by atoms with Crippen LogP contribution in [0.5, 0.6) is 0 Å². The second-order valence-corrected chi connectivity index (χ2v) is 7.00. The highest BCUT2D eigenvalue weighted by molar-refractivity contribution is 7.15. The molecule has 1 N–H and O–H groups in total. The van der Waals surface area contributed by atoms with Crippen LogP contribution in [0.25, 0.3) is 0 Å². The molecule has 0 radical (unpaired) electrons. The summed E-state index contributed by atoms with van der Waals surface area (Å²) in [7, 11) is 0. The molecule has 2 heterocycles. The number of carbonyl (C=O) groups excluding carboxylic acids is 2. The van der Waals surface area contributed by atoms with Crippen LogP contribution < -0.4 is 10.2 Å². The van der Waals surface area contributed by atoms with Crippen molar-refractivity contribution in [2.24, 2.45) is 0 Å². The summed E-state index contributed by atoms with van der Waals surface area (Å²) < 4.78 is 0. The molecule has 1 aromatic heterocycles. The smallest absolute Gasteiger partial charge is 0.227 e. The average Bonchev–Trinajstić information content (AvgIpc) is 3.14. The number of hydrogen-bond donors (Lipinski definition) is 1. The van der Waals surface area contributed by atoms with E-state index in [1.807, 2.05) is 38.1 Å². The van der Waals surface area contributed by atoms with Gasteiger partial charge in [0.25, 0.3) is 0 Å². The predicted molar refractivity (Wildman–Crippen MR) is 94.3 cm³/mol. The van der Waals surface area contributed by atoms with Crippen molar-refractivity contribution in [3.8, 4) is 0 Å². The van der Waals surface area contributed by atoms with Crippen LogP contribution in [-0.2, 0) is 9.59 Å². The largest absolute Gasteiger partial charge is 0.312 e. The Bertz CT molecular complexity index is 759. The fraction of sp³-hybridized carbons (Fsp3) is 0.412. The van der Waals surface area contributed by atoms with Crippen LogP contribution in [0, 0.1) is 6.92 Å². The molecule has 126 valence electrons. The van der Waals surface area contributed by atoms with Crippen molar-refractivity contribution in [3.63, 3.8) is 0 Å². The van der Waals surface area contributed by atoms with E-state index in [1.54, 1.807) is 4.90 Å². The third-order valence-electron chi connectivity index (χ3n) is 3.95. The van der Waals surface area contributed by atoms with Crippen LogP contribution >= 0.6 is 11.3 Å². The van der Waals surface area contributed by atoms with Gasteiger partial charge in [-0.15, -0.1) is 10.2 Å². The van der Waals surface area contributed by atoms with Gasteiger partial charge in [-0.1, -0.05) is 30.4 Å². The molecule has 2 aromatic rings. The summed E-state index contributed by atoms with van der Waals surface area (Å²) in [5.74, 6) is 0.0637. The van der Waals surface area contributed by atoms with E-state index in [2.05, 4.69) is 15.5 Å². The van der Waals surface area contributed by atoms with Crippen molar-refractivity contribution in [3.05, 3.63) is 34.8 Å². The monoisotopic (exact) mass is 344 g/mol. The highest BCUT2D eigenvalue weighted by Gasteiger charge is 2.33. The van der Waals surface area contributed by atoms with Gasteiger partial charge >= 0.3 is 0 Å². The molecule has 1 aromatic carbocycles. The molecule has 1 atom stereocenters. The minimum absolute atomic E-state index is 0.0207. The Kier molecular flexibility index (Phi) is 4.89. The Balaban J connectivity index is 1.70. The molecule has 24 heavy (non-hydrogen) atoms.